The molecule has 3 aromatic carbocycles. The maximum Gasteiger partial charge on any atom is 0.487 e. The molecule has 192 valence electrons. The van der Waals surface area contributed by atoms with Crippen molar-refractivity contribution in [3.63, 3.8) is 0 Å². The highest BCUT2D eigenvalue weighted by molar-refractivity contribution is 9.10. The van der Waals surface area contributed by atoms with Crippen molar-refractivity contribution in [2.24, 2.45) is 4.99 Å². The van der Waals surface area contributed by atoms with Crippen LogP contribution in [0.5, 0.6) is 5.75 Å². The lowest BCUT2D eigenvalue weighted by Crippen LogP contribution is -2.46. The molecule has 0 radical (unpaired) electrons. The lowest BCUT2D eigenvalue weighted by atomic mass is 10.1. The molecule has 2 amide bonds. The summed E-state index contributed by atoms with van der Waals surface area (Å²) in [6, 6.07) is 22.4. The zero-order chi connectivity index (χ0) is 26.4. The smallest absolute Gasteiger partial charge is 0.420 e. The fourth-order valence-corrected chi connectivity index (χ4v) is 5.01. The maximum atomic E-state index is 13.2. The molecule has 0 aliphatic carbocycles. The molecule has 4 rings (SSSR count). The van der Waals surface area contributed by atoms with E-state index in [0.717, 1.165) is 10.0 Å². The van der Waals surface area contributed by atoms with Gasteiger partial charge in [0.2, 0.25) is 11.8 Å². The minimum absolute atomic E-state index is 0.0123. The molecule has 1 saturated heterocycles. The van der Waals surface area contributed by atoms with Crippen LogP contribution < -0.4 is 10.1 Å². The minimum Gasteiger partial charge on any atom is -0.420 e. The Hall–Kier alpha value is -2.95. The number of nitrogens with one attached hydrogen (secondary N) is 1. The Kier molecular flexibility index (Phi) is 8.83. The quantitative estimate of drug-likeness (QED) is 0.285. The number of thioether (sulfide) groups is 1. The fourth-order valence-electron chi connectivity index (χ4n) is 3.54. The maximum absolute atomic E-state index is 13.2. The predicted octanol–water partition coefficient (Wildman–Crippen LogP) is 6.82. The van der Waals surface area contributed by atoms with Crippen molar-refractivity contribution in [3.05, 3.63) is 88.9 Å². The van der Waals surface area contributed by atoms with Crippen LogP contribution >= 0.6 is 39.3 Å². The first-order valence-corrected chi connectivity index (χ1v) is 13.2. The summed E-state index contributed by atoms with van der Waals surface area (Å²) in [5.74, 6) is -0.681. The minimum atomic E-state index is -3.83. The Labute approximate surface area is 230 Å². The SMILES string of the molecule is O=C(Nc1ccc(Br)cc1)C1CC(=O)N(CCc2ccccc2)C(=Nc2ccc(OC(F)(F)Cl)cc2)S1. The molecule has 1 aliphatic rings. The van der Waals surface area contributed by atoms with Gasteiger partial charge in [-0.3, -0.25) is 14.5 Å². The number of aliphatic imine (C=N–C) groups is 1. The first-order chi connectivity index (χ1) is 17.7. The fraction of sp³-hybridized carbons (Fsp3) is 0.192. The van der Waals surface area contributed by atoms with Gasteiger partial charge < -0.3 is 10.1 Å². The number of alkyl halides is 3. The average molecular weight is 609 g/mol. The molecule has 11 heteroatoms. The third kappa shape index (κ3) is 8.02. The van der Waals surface area contributed by atoms with Crippen LogP contribution in [-0.4, -0.2) is 39.2 Å². The highest BCUT2D eigenvalue weighted by atomic mass is 79.9. The van der Waals surface area contributed by atoms with E-state index in [4.69, 9.17) is 11.6 Å². The van der Waals surface area contributed by atoms with Gasteiger partial charge in [0.05, 0.1) is 5.69 Å². The van der Waals surface area contributed by atoms with E-state index in [9.17, 15) is 18.4 Å². The van der Waals surface area contributed by atoms with Crippen LogP contribution in [0.1, 0.15) is 12.0 Å². The van der Waals surface area contributed by atoms with E-state index in [-0.39, 0.29) is 24.0 Å². The van der Waals surface area contributed by atoms with Crippen LogP contribution in [0.25, 0.3) is 0 Å². The molecule has 3 aromatic rings. The van der Waals surface area contributed by atoms with Gasteiger partial charge in [0.25, 0.3) is 0 Å². The van der Waals surface area contributed by atoms with E-state index >= 15 is 0 Å². The summed E-state index contributed by atoms with van der Waals surface area (Å²) in [6.07, 6.45) is 0.609. The molecule has 1 aliphatic heterocycles. The van der Waals surface area contributed by atoms with Gasteiger partial charge in [-0.2, -0.15) is 0 Å². The summed E-state index contributed by atoms with van der Waals surface area (Å²) in [5.41, 5.74) is -1.77. The summed E-state index contributed by atoms with van der Waals surface area (Å²) in [5, 5.41) is 2.49. The number of hydrogen-bond acceptors (Lipinski definition) is 5. The van der Waals surface area contributed by atoms with Gasteiger partial charge in [0.1, 0.15) is 11.0 Å². The molecule has 0 bridgehead atoms. The molecule has 1 heterocycles. The third-order valence-electron chi connectivity index (χ3n) is 5.31. The highest BCUT2D eigenvalue weighted by Gasteiger charge is 2.36. The first-order valence-electron chi connectivity index (χ1n) is 11.2. The van der Waals surface area contributed by atoms with E-state index < -0.39 is 10.8 Å². The number of amides is 2. The first kappa shape index (κ1) is 27.1. The van der Waals surface area contributed by atoms with E-state index in [1.54, 1.807) is 29.2 Å². The zero-order valence-corrected chi connectivity index (χ0v) is 22.4. The monoisotopic (exact) mass is 607 g/mol. The van der Waals surface area contributed by atoms with Gasteiger partial charge in [-0.05, 0) is 60.5 Å². The lowest BCUT2D eigenvalue weighted by Gasteiger charge is -2.32. The van der Waals surface area contributed by atoms with Gasteiger partial charge >= 0.3 is 5.57 Å². The normalized spacial score (nSPS) is 17.1. The van der Waals surface area contributed by atoms with Gasteiger partial charge in [-0.1, -0.05) is 58.0 Å². The van der Waals surface area contributed by atoms with Crippen molar-refractivity contribution in [2.45, 2.75) is 23.7 Å². The molecule has 1 unspecified atom stereocenters. The zero-order valence-electron chi connectivity index (χ0n) is 19.2. The van der Waals surface area contributed by atoms with Crippen molar-refractivity contribution in [1.82, 2.24) is 4.90 Å². The van der Waals surface area contributed by atoms with Crippen LogP contribution in [-0.2, 0) is 16.0 Å². The molecule has 0 saturated carbocycles. The number of ether oxygens (including phenoxy) is 1. The summed E-state index contributed by atoms with van der Waals surface area (Å²) in [6.45, 7) is 0.370. The van der Waals surface area contributed by atoms with Crippen LogP contribution in [0.4, 0.5) is 20.2 Å². The Bertz CT molecular complexity index is 1270. The van der Waals surface area contributed by atoms with E-state index in [2.05, 4.69) is 31.0 Å². The lowest BCUT2D eigenvalue weighted by molar-refractivity contribution is -0.129. The summed E-state index contributed by atoms with van der Waals surface area (Å²) < 4.78 is 31.1. The van der Waals surface area contributed by atoms with E-state index in [1.807, 2.05) is 30.3 Å². The molecule has 6 nitrogen and oxygen atoms in total. The van der Waals surface area contributed by atoms with Crippen molar-refractivity contribution >= 4 is 67.6 Å². The largest absolute Gasteiger partial charge is 0.487 e. The highest BCUT2D eigenvalue weighted by Crippen LogP contribution is 2.32. The van der Waals surface area contributed by atoms with Gasteiger partial charge in [-0.25, -0.2) is 4.99 Å². The van der Waals surface area contributed by atoms with E-state index in [0.29, 0.717) is 29.5 Å². The topological polar surface area (TPSA) is 71.0 Å². The second-order valence-corrected chi connectivity index (χ2v) is 10.5. The third-order valence-corrected chi connectivity index (χ3v) is 7.10. The van der Waals surface area contributed by atoms with Crippen LogP contribution in [0.2, 0.25) is 0 Å². The van der Waals surface area contributed by atoms with E-state index in [1.165, 1.54) is 36.0 Å². The van der Waals surface area contributed by atoms with Gasteiger partial charge in [0.15, 0.2) is 5.17 Å². The summed E-state index contributed by atoms with van der Waals surface area (Å²) >= 11 is 9.36. The van der Waals surface area contributed by atoms with Crippen molar-refractivity contribution in [3.8, 4) is 5.75 Å². The number of nitrogens with zero attached hydrogens (tertiary/aromatic N) is 2. The van der Waals surface area contributed by atoms with Gasteiger partial charge in [0, 0.05) is 34.7 Å². The molecule has 1 atom stereocenters. The van der Waals surface area contributed by atoms with Crippen molar-refractivity contribution < 1.29 is 23.1 Å². The number of rotatable bonds is 8. The van der Waals surface area contributed by atoms with Crippen LogP contribution in [0, 0.1) is 0 Å². The van der Waals surface area contributed by atoms with Crippen LogP contribution in [0.3, 0.4) is 0 Å². The Morgan fingerprint density at radius 2 is 1.78 bits per heavy atom. The predicted molar refractivity (Wildman–Crippen MR) is 146 cm³/mol. The molecule has 0 spiro atoms. The Morgan fingerprint density at radius 1 is 1.11 bits per heavy atom. The second kappa shape index (κ2) is 12.1. The molecular formula is C26H21BrClF2N3O3S. The number of halogens is 4. The summed E-state index contributed by atoms with van der Waals surface area (Å²) in [7, 11) is 0. The number of amidine groups is 1. The molecule has 1 fully saturated rings. The molecule has 1 N–H and O–H groups in total. The number of anilines is 1. The summed E-state index contributed by atoms with van der Waals surface area (Å²) in [4.78, 5) is 32.3. The standard InChI is InChI=1S/C26H21BrClF2N3O3S/c27-18-6-8-19(9-7-18)31-24(35)22-16-23(34)33(15-14-17-4-2-1-3-5-17)25(37-22)32-20-10-12-21(13-11-20)36-26(28,29)30/h1-13,22H,14-16H2,(H,31,35). The number of benzene rings is 3. The molecule has 0 aromatic heterocycles. The second-order valence-electron chi connectivity index (χ2n) is 8.02. The Morgan fingerprint density at radius 3 is 2.43 bits per heavy atom. The average Bonchev–Trinajstić information content (AvgIpc) is 2.85. The van der Waals surface area contributed by atoms with Gasteiger partial charge in [-0.15, -0.1) is 8.78 Å². The molecule has 37 heavy (non-hydrogen) atoms. The number of carbonyl (C=O) groups excluding carboxylic acids is 2. The number of carbonyl (C=O) groups is 2. The number of hydrogen-bond donors (Lipinski definition) is 1. The Balaban J connectivity index is 1.55. The molecular weight excluding hydrogens is 588 g/mol. The van der Waals surface area contributed by atoms with Crippen molar-refractivity contribution in [1.29, 1.82) is 0 Å². The van der Waals surface area contributed by atoms with Crippen molar-refractivity contribution in [2.75, 3.05) is 11.9 Å². The van der Waals surface area contributed by atoms with Crippen LogP contribution in [0.15, 0.2) is 88.3 Å².